The molecule has 2 atom stereocenters. The number of hydrogen-bond donors (Lipinski definition) is 1. The van der Waals surface area contributed by atoms with Crippen LogP contribution in [0.4, 0.5) is 14.5 Å². The highest BCUT2D eigenvalue weighted by Crippen LogP contribution is 2.54. The molecular weight excluding hydrogens is 404 g/mol. The average molecular weight is 423 g/mol. The molecule has 2 amide bonds. The van der Waals surface area contributed by atoms with Crippen LogP contribution in [0.25, 0.3) is 0 Å². The standard InChI is InChI=1S/C22H19F2N5O2/c1-13-11-17(27-29(13)21(23)24)19(30)28-10-8-22(18(28)14-5-4-9-25-12-14)15-6-2-3-7-16(15)26-20(22)31/h2-7,9,11-12,18,21H,8,10H2,1H3,(H,26,31). The second kappa shape index (κ2) is 6.97. The summed E-state index contributed by atoms with van der Waals surface area (Å²) in [7, 11) is 0. The lowest BCUT2D eigenvalue weighted by Gasteiger charge is -2.33. The van der Waals surface area contributed by atoms with Gasteiger partial charge in [-0.25, -0.2) is 4.68 Å². The summed E-state index contributed by atoms with van der Waals surface area (Å²) in [6.45, 7) is -1.09. The molecule has 0 bridgehead atoms. The minimum atomic E-state index is -2.84. The number of alkyl halides is 2. The summed E-state index contributed by atoms with van der Waals surface area (Å²) in [4.78, 5) is 32.5. The number of aromatic nitrogens is 3. The third kappa shape index (κ3) is 2.76. The quantitative estimate of drug-likeness (QED) is 0.700. The SMILES string of the molecule is Cc1cc(C(=O)N2CCC3(C(=O)Nc4ccccc43)C2c2cccnc2)nn1C(F)F. The maximum Gasteiger partial charge on any atom is 0.333 e. The highest BCUT2D eigenvalue weighted by atomic mass is 19.3. The Morgan fingerprint density at radius 1 is 1.26 bits per heavy atom. The van der Waals surface area contributed by atoms with Gasteiger partial charge in [0.25, 0.3) is 5.91 Å². The second-order valence-electron chi connectivity index (χ2n) is 7.80. The smallest absolute Gasteiger partial charge is 0.329 e. The van der Waals surface area contributed by atoms with Crippen molar-refractivity contribution in [3.63, 3.8) is 0 Å². The van der Waals surface area contributed by atoms with Crippen LogP contribution in [-0.2, 0) is 10.2 Å². The summed E-state index contributed by atoms with van der Waals surface area (Å²) in [5, 5.41) is 6.76. The summed E-state index contributed by atoms with van der Waals surface area (Å²) >= 11 is 0. The number of rotatable bonds is 3. The van der Waals surface area contributed by atoms with Crippen molar-refractivity contribution in [1.29, 1.82) is 0 Å². The molecular formula is C22H19F2N5O2. The fourth-order valence-electron chi connectivity index (χ4n) is 4.84. The van der Waals surface area contributed by atoms with Gasteiger partial charge in [0.2, 0.25) is 5.91 Å². The minimum Gasteiger partial charge on any atom is -0.329 e. The second-order valence-corrected chi connectivity index (χ2v) is 7.80. The third-order valence-corrected chi connectivity index (χ3v) is 6.17. The summed E-state index contributed by atoms with van der Waals surface area (Å²) in [5.41, 5.74) is 1.36. The van der Waals surface area contributed by atoms with Crippen LogP contribution in [0, 0.1) is 6.92 Å². The van der Waals surface area contributed by atoms with E-state index in [1.165, 1.54) is 13.0 Å². The number of nitrogens with one attached hydrogen (secondary N) is 1. The molecule has 0 aliphatic carbocycles. The van der Waals surface area contributed by atoms with E-state index < -0.39 is 23.9 Å². The number of pyridine rings is 1. The number of anilines is 1. The number of carbonyl (C=O) groups is 2. The number of amides is 2. The first-order valence-electron chi connectivity index (χ1n) is 9.89. The van der Waals surface area contributed by atoms with Gasteiger partial charge in [0.1, 0.15) is 5.41 Å². The number of aryl methyl sites for hydroxylation is 1. The van der Waals surface area contributed by atoms with Crippen LogP contribution in [0.1, 0.15) is 46.3 Å². The van der Waals surface area contributed by atoms with Crippen molar-refractivity contribution in [2.75, 3.05) is 11.9 Å². The largest absolute Gasteiger partial charge is 0.333 e. The molecule has 2 aliphatic rings. The number of fused-ring (bicyclic) bond motifs is 2. The van der Waals surface area contributed by atoms with E-state index in [0.29, 0.717) is 22.4 Å². The van der Waals surface area contributed by atoms with Crippen molar-refractivity contribution >= 4 is 17.5 Å². The fourth-order valence-corrected chi connectivity index (χ4v) is 4.84. The Morgan fingerprint density at radius 3 is 2.77 bits per heavy atom. The van der Waals surface area contributed by atoms with E-state index >= 15 is 0 Å². The number of hydrogen-bond acceptors (Lipinski definition) is 4. The van der Waals surface area contributed by atoms with Gasteiger partial charge < -0.3 is 10.2 Å². The molecule has 2 aliphatic heterocycles. The lowest BCUT2D eigenvalue weighted by molar-refractivity contribution is -0.121. The molecule has 1 spiro atoms. The van der Waals surface area contributed by atoms with Gasteiger partial charge in [-0.05, 0) is 42.7 Å². The summed E-state index contributed by atoms with van der Waals surface area (Å²) in [5.74, 6) is -0.683. The molecule has 1 N–H and O–H groups in total. The lowest BCUT2D eigenvalue weighted by atomic mass is 9.73. The fraction of sp³-hybridized carbons (Fsp3) is 0.273. The number of benzene rings is 1. The molecule has 5 rings (SSSR count). The summed E-state index contributed by atoms with van der Waals surface area (Å²) < 4.78 is 26.9. The van der Waals surface area contributed by atoms with Crippen LogP contribution in [0.3, 0.4) is 0 Å². The minimum absolute atomic E-state index is 0.0737. The van der Waals surface area contributed by atoms with Crippen LogP contribution in [0.2, 0.25) is 0 Å². The van der Waals surface area contributed by atoms with E-state index in [1.54, 1.807) is 23.4 Å². The van der Waals surface area contributed by atoms with Gasteiger partial charge in [-0.1, -0.05) is 24.3 Å². The van der Waals surface area contributed by atoms with Crippen molar-refractivity contribution in [2.45, 2.75) is 31.4 Å². The van der Waals surface area contributed by atoms with Crippen molar-refractivity contribution < 1.29 is 18.4 Å². The molecule has 3 aromatic rings. The first kappa shape index (κ1) is 19.3. The Labute approximate surface area is 176 Å². The molecule has 7 nitrogen and oxygen atoms in total. The molecule has 1 fully saturated rings. The molecule has 4 heterocycles. The predicted molar refractivity (Wildman–Crippen MR) is 108 cm³/mol. The molecule has 1 saturated heterocycles. The number of carbonyl (C=O) groups excluding carboxylic acids is 2. The van der Waals surface area contributed by atoms with E-state index in [0.717, 1.165) is 5.56 Å². The van der Waals surface area contributed by atoms with Gasteiger partial charge in [-0.15, -0.1) is 0 Å². The lowest BCUT2D eigenvalue weighted by Crippen LogP contribution is -2.42. The molecule has 0 saturated carbocycles. The Kier molecular flexibility index (Phi) is 4.35. The molecule has 31 heavy (non-hydrogen) atoms. The molecule has 2 aromatic heterocycles. The van der Waals surface area contributed by atoms with E-state index in [4.69, 9.17) is 0 Å². The van der Waals surface area contributed by atoms with E-state index in [9.17, 15) is 18.4 Å². The van der Waals surface area contributed by atoms with Crippen LogP contribution >= 0.6 is 0 Å². The zero-order valence-electron chi connectivity index (χ0n) is 16.6. The van der Waals surface area contributed by atoms with Gasteiger partial charge in [-0.2, -0.15) is 13.9 Å². The Morgan fingerprint density at radius 2 is 2.06 bits per heavy atom. The maximum absolute atomic E-state index is 13.4. The van der Waals surface area contributed by atoms with Gasteiger partial charge in [0.05, 0.1) is 6.04 Å². The van der Waals surface area contributed by atoms with Crippen molar-refractivity contribution in [2.24, 2.45) is 0 Å². The van der Waals surface area contributed by atoms with Gasteiger partial charge in [-0.3, -0.25) is 14.6 Å². The van der Waals surface area contributed by atoms with E-state index in [-0.39, 0.29) is 23.8 Å². The molecule has 2 unspecified atom stereocenters. The molecule has 158 valence electrons. The highest BCUT2D eigenvalue weighted by molar-refractivity contribution is 6.08. The molecule has 9 heteroatoms. The number of para-hydroxylation sites is 1. The Hall–Kier alpha value is -3.62. The van der Waals surface area contributed by atoms with Crippen LogP contribution in [-0.4, -0.2) is 38.0 Å². The predicted octanol–water partition coefficient (Wildman–Crippen LogP) is 3.46. The number of halogens is 2. The maximum atomic E-state index is 13.4. The van der Waals surface area contributed by atoms with Crippen molar-refractivity contribution in [3.8, 4) is 0 Å². The molecule has 1 aromatic carbocycles. The van der Waals surface area contributed by atoms with Crippen LogP contribution in [0.15, 0.2) is 54.9 Å². The van der Waals surface area contributed by atoms with Crippen molar-refractivity contribution in [1.82, 2.24) is 19.7 Å². The number of nitrogens with zero attached hydrogens (tertiary/aromatic N) is 4. The topological polar surface area (TPSA) is 80.1 Å². The highest BCUT2D eigenvalue weighted by Gasteiger charge is 2.59. The normalized spacial score (nSPS) is 22.3. The van der Waals surface area contributed by atoms with Gasteiger partial charge in [0.15, 0.2) is 5.69 Å². The van der Waals surface area contributed by atoms with Crippen LogP contribution < -0.4 is 5.32 Å². The average Bonchev–Trinajstić information content (AvgIpc) is 3.43. The Balaban J connectivity index is 1.63. The molecule has 0 radical (unpaired) electrons. The Bertz CT molecular complexity index is 1180. The first-order chi connectivity index (χ1) is 14.9. The van der Waals surface area contributed by atoms with Gasteiger partial charge >= 0.3 is 6.55 Å². The zero-order chi connectivity index (χ0) is 21.8. The zero-order valence-corrected chi connectivity index (χ0v) is 16.6. The number of likely N-dealkylation sites (tertiary alicyclic amines) is 1. The first-order valence-corrected chi connectivity index (χ1v) is 9.89. The summed E-state index contributed by atoms with van der Waals surface area (Å²) in [6.07, 6.45) is 3.65. The van der Waals surface area contributed by atoms with Gasteiger partial charge in [0, 0.05) is 30.3 Å². The van der Waals surface area contributed by atoms with E-state index in [1.807, 2.05) is 30.3 Å². The van der Waals surface area contributed by atoms with Crippen LogP contribution in [0.5, 0.6) is 0 Å². The van der Waals surface area contributed by atoms with Crippen molar-refractivity contribution in [3.05, 3.63) is 77.4 Å². The monoisotopic (exact) mass is 423 g/mol. The van der Waals surface area contributed by atoms with E-state index in [2.05, 4.69) is 15.4 Å². The summed E-state index contributed by atoms with van der Waals surface area (Å²) in [6, 6.07) is 11.7. The third-order valence-electron chi connectivity index (χ3n) is 6.17.